The van der Waals surface area contributed by atoms with E-state index in [1.807, 2.05) is 13.8 Å². The molecular weight excluding hydrogens is 224 g/mol. The molecule has 5 heteroatoms. The SMILES string of the molecule is COC[C@H](O)C[C@@H](O)[C@@H](C)[C@@H](C)[C@H](C)C(O)O. The minimum absolute atomic E-state index is 0.0558. The van der Waals surface area contributed by atoms with Gasteiger partial charge in [0, 0.05) is 19.4 Å². The molecule has 104 valence electrons. The van der Waals surface area contributed by atoms with Crippen LogP contribution in [0.3, 0.4) is 0 Å². The van der Waals surface area contributed by atoms with Crippen molar-refractivity contribution in [1.29, 1.82) is 0 Å². The Bertz CT molecular complexity index is 197. The number of rotatable bonds is 8. The Hall–Kier alpha value is -0.200. The summed E-state index contributed by atoms with van der Waals surface area (Å²) in [5.74, 6) is -0.503. The Morgan fingerprint density at radius 1 is 0.882 bits per heavy atom. The third-order valence-corrected chi connectivity index (χ3v) is 3.61. The molecule has 0 fully saturated rings. The average Bonchev–Trinajstić information content (AvgIpc) is 2.25. The Labute approximate surface area is 103 Å². The van der Waals surface area contributed by atoms with Crippen molar-refractivity contribution in [3.63, 3.8) is 0 Å². The van der Waals surface area contributed by atoms with Crippen LogP contribution in [-0.2, 0) is 4.74 Å². The van der Waals surface area contributed by atoms with Gasteiger partial charge in [-0.05, 0) is 11.8 Å². The number of methoxy groups -OCH3 is 1. The van der Waals surface area contributed by atoms with Crippen LogP contribution >= 0.6 is 0 Å². The molecule has 0 saturated heterocycles. The summed E-state index contributed by atoms with van der Waals surface area (Å²) in [6.45, 7) is 5.62. The molecule has 0 aliphatic heterocycles. The van der Waals surface area contributed by atoms with Crippen LogP contribution in [0, 0.1) is 17.8 Å². The lowest BCUT2D eigenvalue weighted by Gasteiger charge is -2.31. The smallest absolute Gasteiger partial charge is 0.154 e. The fraction of sp³-hybridized carbons (Fsp3) is 1.00. The van der Waals surface area contributed by atoms with Crippen LogP contribution in [0.4, 0.5) is 0 Å². The molecule has 4 N–H and O–H groups in total. The number of hydrogen-bond donors (Lipinski definition) is 4. The van der Waals surface area contributed by atoms with E-state index in [0.29, 0.717) is 0 Å². The second-order valence-corrected chi connectivity index (χ2v) is 4.90. The van der Waals surface area contributed by atoms with Gasteiger partial charge in [-0.15, -0.1) is 0 Å². The van der Waals surface area contributed by atoms with E-state index >= 15 is 0 Å². The van der Waals surface area contributed by atoms with Gasteiger partial charge in [0.2, 0.25) is 0 Å². The molecule has 17 heavy (non-hydrogen) atoms. The highest BCUT2D eigenvalue weighted by molar-refractivity contribution is 4.77. The van der Waals surface area contributed by atoms with Gasteiger partial charge in [0.1, 0.15) is 0 Å². The number of ether oxygens (including phenoxy) is 1. The fourth-order valence-corrected chi connectivity index (χ4v) is 1.85. The van der Waals surface area contributed by atoms with Crippen molar-refractivity contribution >= 4 is 0 Å². The summed E-state index contributed by atoms with van der Waals surface area (Å²) >= 11 is 0. The first-order chi connectivity index (χ1) is 7.81. The Morgan fingerprint density at radius 3 is 1.82 bits per heavy atom. The first kappa shape index (κ1) is 16.8. The van der Waals surface area contributed by atoms with Gasteiger partial charge in [0.15, 0.2) is 6.29 Å². The summed E-state index contributed by atoms with van der Waals surface area (Å²) in [5.41, 5.74) is 0. The molecule has 0 heterocycles. The summed E-state index contributed by atoms with van der Waals surface area (Å²) < 4.78 is 4.79. The summed E-state index contributed by atoms with van der Waals surface area (Å²) in [6, 6.07) is 0. The Balaban J connectivity index is 4.23. The van der Waals surface area contributed by atoms with Gasteiger partial charge in [0.05, 0.1) is 18.8 Å². The van der Waals surface area contributed by atoms with Gasteiger partial charge in [-0.2, -0.15) is 0 Å². The van der Waals surface area contributed by atoms with E-state index in [9.17, 15) is 10.2 Å². The molecule has 5 nitrogen and oxygen atoms in total. The number of hydrogen-bond acceptors (Lipinski definition) is 5. The molecule has 0 aromatic carbocycles. The summed E-state index contributed by atoms with van der Waals surface area (Å²) in [5, 5.41) is 37.6. The lowest BCUT2D eigenvalue weighted by Crippen LogP contribution is -2.35. The van der Waals surface area contributed by atoms with Crippen LogP contribution < -0.4 is 0 Å². The molecule has 0 radical (unpaired) electrons. The van der Waals surface area contributed by atoms with E-state index in [2.05, 4.69) is 0 Å². The zero-order chi connectivity index (χ0) is 13.6. The van der Waals surface area contributed by atoms with Crippen molar-refractivity contribution in [2.75, 3.05) is 13.7 Å². The molecule has 0 aromatic heterocycles. The first-order valence-corrected chi connectivity index (χ1v) is 6.02. The van der Waals surface area contributed by atoms with Crippen molar-refractivity contribution in [1.82, 2.24) is 0 Å². The second-order valence-electron chi connectivity index (χ2n) is 4.90. The molecule has 0 aromatic rings. The van der Waals surface area contributed by atoms with E-state index < -0.39 is 18.5 Å². The van der Waals surface area contributed by atoms with Crippen LogP contribution in [0.25, 0.3) is 0 Å². The summed E-state index contributed by atoms with van der Waals surface area (Å²) in [7, 11) is 1.49. The highest BCUT2D eigenvalue weighted by atomic mass is 16.5. The minimum atomic E-state index is -1.39. The lowest BCUT2D eigenvalue weighted by molar-refractivity contribution is -0.107. The average molecular weight is 250 g/mol. The van der Waals surface area contributed by atoms with Crippen LogP contribution in [0.1, 0.15) is 27.2 Å². The zero-order valence-electron chi connectivity index (χ0n) is 11.1. The van der Waals surface area contributed by atoms with Crippen molar-refractivity contribution in [3.8, 4) is 0 Å². The predicted octanol–water partition coefficient (Wildman–Crippen LogP) is -0.0363. The molecule has 0 aliphatic carbocycles. The molecule has 0 aliphatic rings. The molecule has 0 amide bonds. The maximum atomic E-state index is 9.94. The fourth-order valence-electron chi connectivity index (χ4n) is 1.85. The molecule has 5 atom stereocenters. The Kier molecular flexibility index (Phi) is 7.91. The van der Waals surface area contributed by atoms with Crippen LogP contribution in [0.15, 0.2) is 0 Å². The largest absolute Gasteiger partial charge is 0.393 e. The highest BCUT2D eigenvalue weighted by Gasteiger charge is 2.29. The standard InChI is InChI=1S/C12H26O5/c1-7(9(3)12(15)16)8(2)11(14)5-10(13)6-17-4/h7-16H,5-6H2,1-4H3/t7-,8+,9+,10-,11-/m1/s1. The van der Waals surface area contributed by atoms with Crippen molar-refractivity contribution in [2.24, 2.45) is 17.8 Å². The minimum Gasteiger partial charge on any atom is -0.393 e. The second kappa shape index (κ2) is 8.00. The van der Waals surface area contributed by atoms with Gasteiger partial charge in [-0.1, -0.05) is 20.8 Å². The van der Waals surface area contributed by atoms with Gasteiger partial charge < -0.3 is 25.2 Å². The van der Waals surface area contributed by atoms with E-state index in [4.69, 9.17) is 14.9 Å². The predicted molar refractivity (Wildman–Crippen MR) is 64.2 cm³/mol. The van der Waals surface area contributed by atoms with Gasteiger partial charge in [-0.25, -0.2) is 0 Å². The maximum absolute atomic E-state index is 9.94. The van der Waals surface area contributed by atoms with Crippen LogP contribution in [0.2, 0.25) is 0 Å². The summed E-state index contributed by atoms with van der Waals surface area (Å²) in [4.78, 5) is 0. The van der Waals surface area contributed by atoms with Crippen molar-refractivity contribution in [2.45, 2.75) is 45.7 Å². The van der Waals surface area contributed by atoms with Gasteiger partial charge in [0.25, 0.3) is 0 Å². The van der Waals surface area contributed by atoms with Gasteiger partial charge in [-0.3, -0.25) is 0 Å². The van der Waals surface area contributed by atoms with E-state index in [1.54, 1.807) is 6.92 Å². The normalized spacial score (nSPS) is 21.0. The van der Waals surface area contributed by atoms with Crippen molar-refractivity contribution in [3.05, 3.63) is 0 Å². The lowest BCUT2D eigenvalue weighted by atomic mass is 9.80. The maximum Gasteiger partial charge on any atom is 0.154 e. The topological polar surface area (TPSA) is 90.2 Å². The molecule has 0 rings (SSSR count). The van der Waals surface area contributed by atoms with E-state index in [1.165, 1.54) is 7.11 Å². The molecule has 0 unspecified atom stereocenters. The molecule has 0 spiro atoms. The third-order valence-electron chi connectivity index (χ3n) is 3.61. The molecule has 0 saturated carbocycles. The first-order valence-electron chi connectivity index (χ1n) is 6.02. The van der Waals surface area contributed by atoms with Crippen LogP contribution in [-0.4, -0.2) is 52.6 Å². The summed E-state index contributed by atoms with van der Waals surface area (Å²) in [6.07, 6.45) is -2.54. The highest BCUT2D eigenvalue weighted by Crippen LogP contribution is 2.26. The monoisotopic (exact) mass is 250 g/mol. The molecule has 0 bridgehead atoms. The molecular formula is C12H26O5. The van der Waals surface area contributed by atoms with Crippen molar-refractivity contribution < 1.29 is 25.2 Å². The van der Waals surface area contributed by atoms with Crippen LogP contribution in [0.5, 0.6) is 0 Å². The number of aliphatic hydroxyl groups is 4. The third kappa shape index (κ3) is 5.79. The van der Waals surface area contributed by atoms with Gasteiger partial charge >= 0.3 is 0 Å². The Morgan fingerprint density at radius 2 is 1.41 bits per heavy atom. The number of aliphatic hydroxyl groups excluding tert-OH is 3. The zero-order valence-corrected chi connectivity index (χ0v) is 11.1. The van der Waals surface area contributed by atoms with E-state index in [-0.39, 0.29) is 30.8 Å². The van der Waals surface area contributed by atoms with E-state index in [0.717, 1.165) is 0 Å². The quantitative estimate of drug-likeness (QED) is 0.454.